The van der Waals surface area contributed by atoms with Crippen molar-refractivity contribution in [3.8, 4) is 22.5 Å². The highest BCUT2D eigenvalue weighted by molar-refractivity contribution is 7.90. The number of rotatable bonds is 5. The smallest absolute Gasteiger partial charge is 0.175 e. The van der Waals surface area contributed by atoms with E-state index in [1.54, 1.807) is 61.4 Å². The number of nitrogens with zero attached hydrogens (tertiary/aromatic N) is 3. The largest absolute Gasteiger partial charge is 0.454 e. The van der Waals surface area contributed by atoms with Crippen LogP contribution >= 0.6 is 0 Å². The lowest BCUT2D eigenvalue weighted by Crippen LogP contribution is -2.26. The molecule has 0 aliphatic carbocycles. The number of fused-ring (bicyclic) bond motifs is 1. The van der Waals surface area contributed by atoms with Crippen LogP contribution in [0, 0.1) is 0 Å². The number of pyridine rings is 1. The molecule has 0 amide bonds. The van der Waals surface area contributed by atoms with E-state index in [-0.39, 0.29) is 4.90 Å². The van der Waals surface area contributed by atoms with E-state index in [1.807, 2.05) is 12.1 Å². The van der Waals surface area contributed by atoms with Crippen molar-refractivity contribution in [1.29, 1.82) is 0 Å². The lowest BCUT2D eigenvalue weighted by molar-refractivity contribution is 0.0577. The Balaban J connectivity index is 1.77. The minimum Gasteiger partial charge on any atom is -0.454 e. The predicted molar refractivity (Wildman–Crippen MR) is 110 cm³/mol. The summed E-state index contributed by atoms with van der Waals surface area (Å²) in [6, 6.07) is 10.4. The molecule has 0 saturated carbocycles. The van der Waals surface area contributed by atoms with Crippen molar-refractivity contribution in [2.45, 2.75) is 30.9 Å². The molecule has 0 aliphatic rings. The Morgan fingerprint density at radius 2 is 1.97 bits per heavy atom. The fraction of sp³-hybridized carbons (Fsp3) is 0.238. The van der Waals surface area contributed by atoms with Gasteiger partial charge in [-0.2, -0.15) is 5.10 Å². The van der Waals surface area contributed by atoms with Crippen LogP contribution in [0.1, 0.15) is 13.8 Å². The van der Waals surface area contributed by atoms with E-state index in [0.717, 1.165) is 16.7 Å². The molecule has 1 N–H and O–H groups in total. The Labute approximate surface area is 168 Å². The number of hydrogen-bond acceptors (Lipinski definition) is 6. The molecule has 1 aromatic carbocycles. The van der Waals surface area contributed by atoms with E-state index < -0.39 is 15.4 Å². The molecule has 3 heterocycles. The molecular formula is C21H21N3O4S. The second-order valence-corrected chi connectivity index (χ2v) is 9.74. The molecular weight excluding hydrogens is 390 g/mol. The maximum absolute atomic E-state index is 11.9. The first-order valence-electron chi connectivity index (χ1n) is 9.04. The van der Waals surface area contributed by atoms with Gasteiger partial charge in [0.05, 0.1) is 28.8 Å². The van der Waals surface area contributed by atoms with Crippen molar-refractivity contribution < 1.29 is 17.9 Å². The first kappa shape index (κ1) is 19.4. The number of furan rings is 1. The molecule has 3 aromatic heterocycles. The minimum absolute atomic E-state index is 0.250. The first-order valence-corrected chi connectivity index (χ1v) is 10.9. The van der Waals surface area contributed by atoms with Gasteiger partial charge >= 0.3 is 0 Å². The number of aromatic nitrogens is 3. The van der Waals surface area contributed by atoms with E-state index in [0.29, 0.717) is 23.4 Å². The summed E-state index contributed by atoms with van der Waals surface area (Å²) < 4.78 is 31.6. The van der Waals surface area contributed by atoms with Crippen LogP contribution in [0.25, 0.3) is 33.6 Å². The van der Waals surface area contributed by atoms with Gasteiger partial charge in [-0.15, -0.1) is 0 Å². The van der Waals surface area contributed by atoms with Crippen molar-refractivity contribution in [3.63, 3.8) is 0 Å². The quantitative estimate of drug-likeness (QED) is 0.539. The van der Waals surface area contributed by atoms with Crippen LogP contribution in [-0.2, 0) is 16.4 Å². The molecule has 0 fully saturated rings. The number of benzene rings is 1. The zero-order valence-electron chi connectivity index (χ0n) is 16.3. The maximum atomic E-state index is 11.9. The van der Waals surface area contributed by atoms with Gasteiger partial charge in [-0.05, 0) is 37.6 Å². The van der Waals surface area contributed by atoms with Crippen LogP contribution < -0.4 is 0 Å². The molecule has 0 aliphatic heterocycles. The lowest BCUT2D eigenvalue weighted by atomic mass is 10.1. The van der Waals surface area contributed by atoms with Gasteiger partial charge in [-0.1, -0.05) is 12.1 Å². The standard InChI is InChI=1S/C21H21N3O4S/c1-21(2,25)13-24-12-15(11-23-24)19-10-18-20(28-19)17(7-8-22-18)14-5-4-6-16(9-14)29(3,26)27/h4-12,25H,13H2,1-3H3. The van der Waals surface area contributed by atoms with Gasteiger partial charge in [-0.3, -0.25) is 9.67 Å². The first-order chi connectivity index (χ1) is 13.6. The van der Waals surface area contributed by atoms with Gasteiger partial charge in [0.15, 0.2) is 15.4 Å². The van der Waals surface area contributed by atoms with E-state index in [2.05, 4.69) is 10.1 Å². The summed E-state index contributed by atoms with van der Waals surface area (Å²) in [7, 11) is -3.31. The summed E-state index contributed by atoms with van der Waals surface area (Å²) in [4.78, 5) is 4.62. The van der Waals surface area contributed by atoms with Gasteiger partial charge in [-0.25, -0.2) is 8.42 Å². The van der Waals surface area contributed by atoms with Crippen molar-refractivity contribution in [3.05, 3.63) is 55.0 Å². The Bertz CT molecular complexity index is 1300. The summed E-state index contributed by atoms with van der Waals surface area (Å²) in [6.45, 7) is 3.79. The van der Waals surface area contributed by atoms with Crippen LogP contribution in [0.2, 0.25) is 0 Å². The van der Waals surface area contributed by atoms with Crippen LogP contribution in [0.3, 0.4) is 0 Å². The van der Waals surface area contributed by atoms with Crippen molar-refractivity contribution in [2.24, 2.45) is 0 Å². The third kappa shape index (κ3) is 4.08. The average molecular weight is 411 g/mol. The molecule has 29 heavy (non-hydrogen) atoms. The Hall–Kier alpha value is -2.97. The topological polar surface area (TPSA) is 98.2 Å². The molecule has 0 unspecified atom stereocenters. The molecule has 0 radical (unpaired) electrons. The summed E-state index contributed by atoms with van der Waals surface area (Å²) in [5.74, 6) is 0.598. The third-order valence-corrected chi connectivity index (χ3v) is 5.56. The molecule has 150 valence electrons. The Morgan fingerprint density at radius 1 is 1.17 bits per heavy atom. The maximum Gasteiger partial charge on any atom is 0.175 e. The molecule has 4 rings (SSSR count). The zero-order chi connectivity index (χ0) is 20.8. The molecule has 0 saturated heterocycles. The highest BCUT2D eigenvalue weighted by Crippen LogP contribution is 2.34. The van der Waals surface area contributed by atoms with Crippen molar-refractivity contribution in [1.82, 2.24) is 14.8 Å². The summed E-state index contributed by atoms with van der Waals surface area (Å²) in [5.41, 5.74) is 2.62. The normalized spacial score (nSPS) is 12.6. The minimum atomic E-state index is -3.31. The van der Waals surface area contributed by atoms with E-state index in [4.69, 9.17) is 4.42 Å². The Morgan fingerprint density at radius 3 is 2.69 bits per heavy atom. The van der Waals surface area contributed by atoms with Gasteiger partial charge in [0.2, 0.25) is 0 Å². The second kappa shape index (κ2) is 6.82. The van der Waals surface area contributed by atoms with E-state index >= 15 is 0 Å². The molecule has 0 atom stereocenters. The highest BCUT2D eigenvalue weighted by atomic mass is 32.2. The molecule has 0 spiro atoms. The zero-order valence-corrected chi connectivity index (χ0v) is 17.1. The molecule has 0 bridgehead atoms. The molecule has 8 heteroatoms. The lowest BCUT2D eigenvalue weighted by Gasteiger charge is -2.16. The average Bonchev–Trinajstić information content (AvgIpc) is 3.25. The summed E-state index contributed by atoms with van der Waals surface area (Å²) in [5, 5.41) is 14.2. The van der Waals surface area contributed by atoms with Crippen LogP contribution in [0.15, 0.2) is 64.3 Å². The van der Waals surface area contributed by atoms with Gasteiger partial charge in [0, 0.05) is 30.3 Å². The third-order valence-electron chi connectivity index (χ3n) is 4.45. The van der Waals surface area contributed by atoms with E-state index in [9.17, 15) is 13.5 Å². The monoisotopic (exact) mass is 411 g/mol. The van der Waals surface area contributed by atoms with Crippen LogP contribution in [0.4, 0.5) is 0 Å². The van der Waals surface area contributed by atoms with E-state index in [1.165, 1.54) is 6.26 Å². The number of hydrogen-bond donors (Lipinski definition) is 1. The SMILES string of the molecule is CC(C)(O)Cn1cc(-c2cc3nccc(-c4cccc(S(C)(=O)=O)c4)c3o2)cn1. The van der Waals surface area contributed by atoms with Crippen molar-refractivity contribution >= 4 is 20.9 Å². The summed E-state index contributed by atoms with van der Waals surface area (Å²) >= 11 is 0. The van der Waals surface area contributed by atoms with Crippen molar-refractivity contribution in [2.75, 3.05) is 6.26 Å². The summed E-state index contributed by atoms with van der Waals surface area (Å²) in [6.07, 6.45) is 6.33. The molecule has 7 nitrogen and oxygen atoms in total. The van der Waals surface area contributed by atoms with Gasteiger partial charge in [0.1, 0.15) is 11.3 Å². The van der Waals surface area contributed by atoms with Crippen LogP contribution in [-0.4, -0.2) is 40.1 Å². The van der Waals surface area contributed by atoms with Gasteiger partial charge in [0.25, 0.3) is 0 Å². The number of sulfone groups is 1. The Kier molecular flexibility index (Phi) is 4.55. The molecule has 4 aromatic rings. The predicted octanol–water partition coefficient (Wildman–Crippen LogP) is 3.53. The fourth-order valence-electron chi connectivity index (χ4n) is 3.18. The number of aliphatic hydroxyl groups is 1. The second-order valence-electron chi connectivity index (χ2n) is 7.72. The fourth-order valence-corrected chi connectivity index (χ4v) is 3.84. The van der Waals surface area contributed by atoms with Crippen LogP contribution in [0.5, 0.6) is 0 Å². The highest BCUT2D eigenvalue weighted by Gasteiger charge is 2.17. The van der Waals surface area contributed by atoms with Gasteiger partial charge < -0.3 is 9.52 Å².